The second kappa shape index (κ2) is 48.9. The molecule has 0 rings (SSSR count). The molecule has 0 radical (unpaired) electrons. The van der Waals surface area contributed by atoms with Crippen LogP contribution in [0.3, 0.4) is 0 Å². The maximum absolute atomic E-state index is 12.6. The Hall–Kier alpha value is -3.10. The van der Waals surface area contributed by atoms with E-state index in [1.54, 1.807) is 0 Å². The van der Waals surface area contributed by atoms with Crippen LogP contribution in [0.25, 0.3) is 0 Å². The average molecular weight is 882 g/mol. The lowest BCUT2D eigenvalue weighted by Crippen LogP contribution is -2.28. The zero-order chi connectivity index (χ0) is 45.1. The number of hydrogen-bond donors (Lipinski definition) is 2. The van der Waals surface area contributed by atoms with Gasteiger partial charge in [0.05, 0.1) is 19.8 Å². The molecule has 8 nitrogen and oxygen atoms in total. The zero-order valence-corrected chi connectivity index (χ0v) is 39.9. The molecule has 2 atom stereocenters. The third kappa shape index (κ3) is 47.9. The number of carbonyl (C=O) groups is 1. The highest BCUT2D eigenvalue weighted by molar-refractivity contribution is 7.47. The van der Waals surface area contributed by atoms with Crippen molar-refractivity contribution in [3.05, 3.63) is 122 Å². The number of esters is 1. The number of rotatable bonds is 44. The molecule has 2 unspecified atom stereocenters. The Morgan fingerprint density at radius 2 is 0.855 bits per heavy atom. The summed E-state index contributed by atoms with van der Waals surface area (Å²) < 4.78 is 33.5. The monoisotopic (exact) mass is 882 g/mol. The molecule has 0 fully saturated rings. The van der Waals surface area contributed by atoms with Crippen LogP contribution >= 0.6 is 7.82 Å². The van der Waals surface area contributed by atoms with Gasteiger partial charge in [-0.3, -0.25) is 13.8 Å². The number of unbranched alkanes of at least 4 members (excludes halogenated alkanes) is 11. The molecule has 0 aromatic heterocycles. The molecule has 0 spiro atoms. The van der Waals surface area contributed by atoms with Gasteiger partial charge in [0.2, 0.25) is 0 Å². The fourth-order valence-electron chi connectivity index (χ4n) is 5.93. The summed E-state index contributed by atoms with van der Waals surface area (Å²) in [6.07, 6.45) is 67.9. The number of phosphoric acid groups is 1. The van der Waals surface area contributed by atoms with Gasteiger partial charge < -0.3 is 20.1 Å². The molecule has 0 aliphatic carbocycles. The van der Waals surface area contributed by atoms with Gasteiger partial charge in [0.15, 0.2) is 0 Å². The third-order valence-corrected chi connectivity index (χ3v) is 10.4. The smallest absolute Gasteiger partial charge is 0.457 e. The summed E-state index contributed by atoms with van der Waals surface area (Å²) in [6, 6.07) is 0. The Labute approximate surface area is 379 Å². The summed E-state index contributed by atoms with van der Waals surface area (Å²) in [5.41, 5.74) is 5.38. The van der Waals surface area contributed by atoms with Crippen molar-refractivity contribution in [3.63, 3.8) is 0 Å². The van der Waals surface area contributed by atoms with Crippen molar-refractivity contribution in [2.75, 3.05) is 33.0 Å². The van der Waals surface area contributed by atoms with Gasteiger partial charge in [-0.2, -0.15) is 0 Å². The summed E-state index contributed by atoms with van der Waals surface area (Å²) in [6.45, 7) is 4.59. The standard InChI is InChI=1S/C53H88NO7P/c1-3-5-7-9-11-13-15-17-19-21-23-24-25-26-27-29-31-33-35-37-39-41-43-45-48-58-50-52(51-60-62(56,57)59-49-47-54)61-53(55)46-44-42-40-38-36-34-32-30-28-22-20-18-16-14-12-10-8-6-4-2/h5-8,11-14,17-20,23-24,26-28,30-31,33,52H,3-4,9-10,15-16,21-22,25,29,32,34-51,54H2,1-2H3,(H,56,57)/b7-5-,8-6-,13-11-,14-12-,19-17-,20-18-,24-23-,27-26-,30-28-,33-31-. The van der Waals surface area contributed by atoms with E-state index in [1.165, 1.54) is 25.7 Å². The molecule has 0 amide bonds. The van der Waals surface area contributed by atoms with E-state index in [1.807, 2.05) is 0 Å². The molecular formula is C53H88NO7P. The van der Waals surface area contributed by atoms with Crippen LogP contribution in [0, 0.1) is 0 Å². The van der Waals surface area contributed by atoms with Crippen LogP contribution in [0.15, 0.2) is 122 Å². The SMILES string of the molecule is CC/C=C\C/C=C\C/C=C\C/C=C\C/C=C\C/C=C\CCCCCCCOCC(COP(=O)(O)OCCN)OC(=O)CCCCCCCC/C=C\C/C=C\C/C=C\C/C=C\CC. The molecule has 352 valence electrons. The molecular weight excluding hydrogens is 794 g/mol. The van der Waals surface area contributed by atoms with E-state index in [-0.39, 0.29) is 38.8 Å². The number of nitrogens with two attached hydrogens (primary N) is 1. The largest absolute Gasteiger partial charge is 0.472 e. The van der Waals surface area contributed by atoms with Gasteiger partial charge in [0.1, 0.15) is 6.10 Å². The topological polar surface area (TPSA) is 117 Å². The van der Waals surface area contributed by atoms with Crippen molar-refractivity contribution in [1.29, 1.82) is 0 Å². The van der Waals surface area contributed by atoms with Gasteiger partial charge in [-0.15, -0.1) is 0 Å². The molecule has 0 bridgehead atoms. The van der Waals surface area contributed by atoms with E-state index in [2.05, 4.69) is 135 Å². The number of hydrogen-bond acceptors (Lipinski definition) is 7. The highest BCUT2D eigenvalue weighted by atomic mass is 31.2. The second-order valence-corrected chi connectivity index (χ2v) is 16.7. The minimum atomic E-state index is -4.30. The van der Waals surface area contributed by atoms with Crippen LogP contribution in [-0.4, -0.2) is 49.9 Å². The maximum Gasteiger partial charge on any atom is 0.472 e. The lowest BCUT2D eigenvalue weighted by molar-refractivity contribution is -0.154. The Bertz CT molecular complexity index is 1360. The number of carbonyl (C=O) groups excluding carboxylic acids is 1. The van der Waals surface area contributed by atoms with E-state index in [4.69, 9.17) is 24.3 Å². The van der Waals surface area contributed by atoms with Crippen molar-refractivity contribution in [1.82, 2.24) is 0 Å². The molecule has 0 heterocycles. The Balaban J connectivity index is 4.10. The van der Waals surface area contributed by atoms with Crippen LogP contribution in [0.2, 0.25) is 0 Å². The molecule has 0 aliphatic rings. The van der Waals surface area contributed by atoms with Crippen LogP contribution in [0.1, 0.15) is 168 Å². The maximum atomic E-state index is 12.6. The molecule has 0 saturated carbocycles. The van der Waals surface area contributed by atoms with Gasteiger partial charge in [0.25, 0.3) is 0 Å². The van der Waals surface area contributed by atoms with E-state index in [0.717, 1.165) is 122 Å². The first kappa shape index (κ1) is 58.9. The van der Waals surface area contributed by atoms with Crippen LogP contribution < -0.4 is 5.73 Å². The van der Waals surface area contributed by atoms with E-state index < -0.39 is 13.9 Å². The van der Waals surface area contributed by atoms with Crippen molar-refractivity contribution < 1.29 is 32.8 Å². The molecule has 0 aromatic rings. The second-order valence-electron chi connectivity index (χ2n) is 15.2. The summed E-state index contributed by atoms with van der Waals surface area (Å²) in [5.74, 6) is -0.357. The van der Waals surface area contributed by atoms with Gasteiger partial charge in [0, 0.05) is 19.6 Å². The Morgan fingerprint density at radius 1 is 0.484 bits per heavy atom. The molecule has 9 heteroatoms. The molecule has 0 aliphatic heterocycles. The number of phosphoric ester groups is 1. The minimum absolute atomic E-state index is 0.0865. The number of allylic oxidation sites excluding steroid dienone is 20. The summed E-state index contributed by atoms with van der Waals surface area (Å²) in [4.78, 5) is 22.6. The summed E-state index contributed by atoms with van der Waals surface area (Å²) in [7, 11) is -4.30. The predicted molar refractivity (Wildman–Crippen MR) is 265 cm³/mol. The van der Waals surface area contributed by atoms with E-state index in [9.17, 15) is 14.3 Å². The van der Waals surface area contributed by atoms with Gasteiger partial charge >= 0.3 is 13.8 Å². The van der Waals surface area contributed by atoms with E-state index in [0.29, 0.717) is 6.61 Å². The first-order valence-corrected chi connectivity index (χ1v) is 25.5. The normalized spacial score (nSPS) is 14.5. The predicted octanol–water partition coefficient (Wildman–Crippen LogP) is 15.0. The van der Waals surface area contributed by atoms with Crippen molar-refractivity contribution in [2.45, 2.75) is 174 Å². The van der Waals surface area contributed by atoms with Crippen LogP contribution in [0.5, 0.6) is 0 Å². The summed E-state index contributed by atoms with van der Waals surface area (Å²) in [5, 5.41) is 0. The first-order valence-electron chi connectivity index (χ1n) is 24.0. The molecule has 62 heavy (non-hydrogen) atoms. The van der Waals surface area contributed by atoms with Gasteiger partial charge in [-0.05, 0) is 103 Å². The van der Waals surface area contributed by atoms with Crippen molar-refractivity contribution in [3.8, 4) is 0 Å². The highest BCUT2D eigenvalue weighted by Gasteiger charge is 2.25. The van der Waals surface area contributed by atoms with E-state index >= 15 is 0 Å². The molecule has 0 saturated heterocycles. The van der Waals surface area contributed by atoms with Gasteiger partial charge in [-0.1, -0.05) is 180 Å². The fourth-order valence-corrected chi connectivity index (χ4v) is 6.70. The quantitative estimate of drug-likeness (QED) is 0.0269. The van der Waals surface area contributed by atoms with Crippen molar-refractivity contribution in [2.24, 2.45) is 5.73 Å². The minimum Gasteiger partial charge on any atom is -0.457 e. The van der Waals surface area contributed by atoms with Crippen molar-refractivity contribution >= 4 is 13.8 Å². The summed E-state index contributed by atoms with van der Waals surface area (Å²) >= 11 is 0. The lowest BCUT2D eigenvalue weighted by atomic mass is 10.1. The third-order valence-electron chi connectivity index (χ3n) is 9.37. The van der Waals surface area contributed by atoms with Gasteiger partial charge in [-0.25, -0.2) is 4.57 Å². The average Bonchev–Trinajstić information content (AvgIpc) is 3.26. The zero-order valence-electron chi connectivity index (χ0n) is 39.1. The first-order chi connectivity index (χ1) is 30.4. The fraction of sp³-hybridized carbons (Fsp3) is 0.604. The molecule has 3 N–H and O–H groups in total. The molecule has 0 aromatic carbocycles. The van der Waals surface area contributed by atoms with Crippen LogP contribution in [-0.2, 0) is 27.9 Å². The Kier molecular flexibility index (Phi) is 46.5. The highest BCUT2D eigenvalue weighted by Crippen LogP contribution is 2.43. The van der Waals surface area contributed by atoms with Crippen LogP contribution in [0.4, 0.5) is 0 Å². The number of ether oxygens (including phenoxy) is 2. The Morgan fingerprint density at radius 3 is 1.27 bits per heavy atom. The lowest BCUT2D eigenvalue weighted by Gasteiger charge is -2.20.